The number of rotatable bonds is 4. The summed E-state index contributed by atoms with van der Waals surface area (Å²) in [5.74, 6) is -1.40. The first-order valence-corrected chi connectivity index (χ1v) is 6.77. The first-order valence-electron chi connectivity index (χ1n) is 5.89. The lowest BCUT2D eigenvalue weighted by Crippen LogP contribution is -3.14. The maximum absolute atomic E-state index is 11.7. The van der Waals surface area contributed by atoms with Gasteiger partial charge >= 0.3 is 0 Å². The molecule has 0 spiro atoms. The first kappa shape index (κ1) is 13.0. The number of piperidine rings is 1. The number of nitrogens with zero attached hydrogens (tertiary/aromatic N) is 1. The second kappa shape index (κ2) is 5.92. The van der Waals surface area contributed by atoms with Crippen molar-refractivity contribution in [3.8, 4) is 0 Å². The number of nitrogens with one attached hydrogen (secondary N) is 2. The number of carbonyl (C=O) groups is 2. The molecule has 2 N–H and O–H groups in total. The normalized spacial score (nSPS) is 23.6. The molecule has 0 bridgehead atoms. The summed E-state index contributed by atoms with van der Waals surface area (Å²) in [5, 5.41) is 15.8. The number of aliphatic carboxylic acids is 1. The van der Waals surface area contributed by atoms with Crippen molar-refractivity contribution in [1.29, 1.82) is 0 Å². The van der Waals surface area contributed by atoms with Gasteiger partial charge in [0.15, 0.2) is 11.7 Å². The lowest BCUT2D eigenvalue weighted by atomic mass is 9.97. The van der Waals surface area contributed by atoms with Crippen molar-refractivity contribution in [1.82, 2.24) is 4.98 Å². The highest BCUT2D eigenvalue weighted by Crippen LogP contribution is 2.10. The number of carboxylic acids is 1. The molecule has 0 aliphatic carbocycles. The lowest BCUT2D eigenvalue weighted by Gasteiger charge is -2.29. The summed E-state index contributed by atoms with van der Waals surface area (Å²) in [5.41, 5.74) is 0. The Balaban J connectivity index is 1.74. The van der Waals surface area contributed by atoms with Crippen LogP contribution in [-0.4, -0.2) is 36.5 Å². The van der Waals surface area contributed by atoms with E-state index in [-0.39, 0.29) is 11.8 Å². The largest absolute Gasteiger partial charge is 0.550 e. The lowest BCUT2D eigenvalue weighted by molar-refractivity contribution is -0.897. The highest BCUT2D eigenvalue weighted by atomic mass is 32.1. The van der Waals surface area contributed by atoms with E-state index in [0.717, 1.165) is 4.90 Å². The monoisotopic (exact) mass is 269 g/mol. The summed E-state index contributed by atoms with van der Waals surface area (Å²) in [4.78, 5) is 27.5. The van der Waals surface area contributed by atoms with Crippen LogP contribution in [0.4, 0.5) is 5.13 Å². The molecule has 98 valence electrons. The molecule has 2 heterocycles. The molecular formula is C11H15N3O3S. The van der Waals surface area contributed by atoms with Gasteiger partial charge in [0.25, 0.3) is 5.91 Å². The molecule has 0 radical (unpaired) electrons. The number of hydrogen-bond donors (Lipinski definition) is 2. The van der Waals surface area contributed by atoms with E-state index in [9.17, 15) is 14.7 Å². The SMILES string of the molecule is O=C(C[NH+]1CCC(C(=O)[O-])CC1)Nc1nccs1. The number of hydrogen-bond acceptors (Lipinski definition) is 5. The second-order valence-electron chi connectivity index (χ2n) is 4.41. The molecule has 1 aliphatic heterocycles. The van der Waals surface area contributed by atoms with Crippen molar-refractivity contribution in [3.63, 3.8) is 0 Å². The summed E-state index contributed by atoms with van der Waals surface area (Å²) in [7, 11) is 0. The predicted octanol–water partition coefficient (Wildman–Crippen LogP) is -1.87. The summed E-state index contributed by atoms with van der Waals surface area (Å²) >= 11 is 1.38. The van der Waals surface area contributed by atoms with E-state index in [1.54, 1.807) is 11.6 Å². The van der Waals surface area contributed by atoms with Gasteiger partial charge in [-0.25, -0.2) is 4.98 Å². The van der Waals surface area contributed by atoms with E-state index in [0.29, 0.717) is 37.6 Å². The van der Waals surface area contributed by atoms with Gasteiger partial charge in [0, 0.05) is 36.3 Å². The Morgan fingerprint density at radius 1 is 1.50 bits per heavy atom. The Morgan fingerprint density at radius 2 is 2.22 bits per heavy atom. The van der Waals surface area contributed by atoms with Crippen molar-refractivity contribution >= 4 is 28.3 Å². The Hall–Kier alpha value is -1.47. The first-order chi connectivity index (χ1) is 8.65. The number of quaternary nitrogens is 1. The van der Waals surface area contributed by atoms with Crippen LogP contribution in [-0.2, 0) is 9.59 Å². The highest BCUT2D eigenvalue weighted by Gasteiger charge is 2.24. The fourth-order valence-electron chi connectivity index (χ4n) is 2.11. The van der Waals surface area contributed by atoms with Crippen molar-refractivity contribution in [2.45, 2.75) is 12.8 Å². The number of thiazole rings is 1. The van der Waals surface area contributed by atoms with Crippen LogP contribution in [0.3, 0.4) is 0 Å². The van der Waals surface area contributed by atoms with Gasteiger partial charge in [0.2, 0.25) is 0 Å². The Labute approximate surface area is 109 Å². The molecule has 18 heavy (non-hydrogen) atoms. The quantitative estimate of drug-likeness (QED) is 0.670. The molecule has 1 amide bonds. The van der Waals surface area contributed by atoms with Crippen LogP contribution in [0.5, 0.6) is 0 Å². The number of anilines is 1. The number of amides is 1. The molecule has 1 aromatic rings. The average Bonchev–Trinajstić information content (AvgIpc) is 2.82. The number of likely N-dealkylation sites (tertiary alicyclic amines) is 1. The van der Waals surface area contributed by atoms with Crippen molar-refractivity contribution in [2.75, 3.05) is 25.0 Å². The van der Waals surface area contributed by atoms with E-state index >= 15 is 0 Å². The number of aromatic nitrogens is 1. The van der Waals surface area contributed by atoms with Gasteiger partial charge < -0.3 is 14.8 Å². The minimum absolute atomic E-state index is 0.0770. The molecule has 0 saturated carbocycles. The molecule has 1 aliphatic rings. The van der Waals surface area contributed by atoms with Gasteiger partial charge in [0.1, 0.15) is 0 Å². The zero-order valence-electron chi connectivity index (χ0n) is 9.85. The Bertz CT molecular complexity index is 413. The molecule has 6 nitrogen and oxygen atoms in total. The standard InChI is InChI=1S/C11H15N3O3S/c15-9(13-11-12-3-6-18-11)7-14-4-1-8(2-5-14)10(16)17/h3,6,8H,1-2,4-5,7H2,(H,16,17)(H,12,13,15). The van der Waals surface area contributed by atoms with Crippen LogP contribution < -0.4 is 15.3 Å². The summed E-state index contributed by atoms with van der Waals surface area (Å²) in [6, 6.07) is 0. The van der Waals surface area contributed by atoms with E-state index < -0.39 is 5.97 Å². The van der Waals surface area contributed by atoms with Crippen LogP contribution >= 0.6 is 11.3 Å². The van der Waals surface area contributed by atoms with Crippen LogP contribution in [0, 0.1) is 5.92 Å². The molecule has 1 aromatic heterocycles. The molecule has 0 unspecified atom stereocenters. The van der Waals surface area contributed by atoms with Crippen molar-refractivity contribution < 1.29 is 19.6 Å². The molecular weight excluding hydrogens is 254 g/mol. The number of carbonyl (C=O) groups excluding carboxylic acids is 2. The van der Waals surface area contributed by atoms with Gasteiger partial charge in [-0.3, -0.25) is 10.1 Å². The molecule has 0 aromatic carbocycles. The summed E-state index contributed by atoms with van der Waals surface area (Å²) in [6.07, 6.45) is 2.81. The van der Waals surface area contributed by atoms with Gasteiger partial charge in [-0.2, -0.15) is 0 Å². The van der Waals surface area contributed by atoms with Crippen molar-refractivity contribution in [3.05, 3.63) is 11.6 Å². The van der Waals surface area contributed by atoms with Crippen LogP contribution in [0.1, 0.15) is 12.8 Å². The third-order valence-electron chi connectivity index (χ3n) is 3.12. The zero-order chi connectivity index (χ0) is 13.0. The second-order valence-corrected chi connectivity index (χ2v) is 5.30. The maximum atomic E-state index is 11.7. The maximum Gasteiger partial charge on any atom is 0.281 e. The van der Waals surface area contributed by atoms with E-state index in [1.165, 1.54) is 11.3 Å². The molecule has 1 fully saturated rings. The van der Waals surface area contributed by atoms with Gasteiger partial charge in [-0.05, 0) is 0 Å². The van der Waals surface area contributed by atoms with Gasteiger partial charge in [-0.15, -0.1) is 11.3 Å². The molecule has 2 rings (SSSR count). The summed E-state index contributed by atoms with van der Waals surface area (Å²) < 4.78 is 0. The van der Waals surface area contributed by atoms with Crippen LogP contribution in [0.2, 0.25) is 0 Å². The average molecular weight is 269 g/mol. The van der Waals surface area contributed by atoms with E-state index in [1.807, 2.05) is 0 Å². The third-order valence-corrected chi connectivity index (χ3v) is 3.80. The minimum atomic E-state index is -0.971. The fraction of sp³-hybridized carbons (Fsp3) is 0.545. The highest BCUT2D eigenvalue weighted by molar-refractivity contribution is 7.13. The predicted molar refractivity (Wildman–Crippen MR) is 64.0 cm³/mol. The van der Waals surface area contributed by atoms with Crippen LogP contribution in [0.15, 0.2) is 11.6 Å². The smallest absolute Gasteiger partial charge is 0.281 e. The topological polar surface area (TPSA) is 86.6 Å². The zero-order valence-corrected chi connectivity index (χ0v) is 10.7. The Morgan fingerprint density at radius 3 is 2.78 bits per heavy atom. The Kier molecular flexibility index (Phi) is 4.27. The molecule has 7 heteroatoms. The third kappa shape index (κ3) is 3.51. The molecule has 0 atom stereocenters. The van der Waals surface area contributed by atoms with Crippen LogP contribution in [0.25, 0.3) is 0 Å². The van der Waals surface area contributed by atoms with E-state index in [4.69, 9.17) is 0 Å². The van der Waals surface area contributed by atoms with Gasteiger partial charge in [-0.1, -0.05) is 0 Å². The summed E-state index contributed by atoms with van der Waals surface area (Å²) in [6.45, 7) is 1.76. The van der Waals surface area contributed by atoms with E-state index in [2.05, 4.69) is 10.3 Å². The number of carboxylic acid groups (broad SMARTS) is 1. The van der Waals surface area contributed by atoms with Crippen molar-refractivity contribution in [2.24, 2.45) is 5.92 Å². The van der Waals surface area contributed by atoms with Gasteiger partial charge in [0.05, 0.1) is 13.1 Å². The molecule has 1 saturated heterocycles. The minimum Gasteiger partial charge on any atom is -0.550 e. The fourth-order valence-corrected chi connectivity index (χ4v) is 2.66.